The Labute approximate surface area is 146 Å². The van der Waals surface area contributed by atoms with Crippen LogP contribution in [0.2, 0.25) is 0 Å². The minimum Gasteiger partial charge on any atom is -0.482 e. The van der Waals surface area contributed by atoms with Crippen molar-refractivity contribution in [2.45, 2.75) is 20.0 Å². The van der Waals surface area contributed by atoms with Gasteiger partial charge in [-0.05, 0) is 6.07 Å². The molecule has 3 rings (SSSR count). The van der Waals surface area contributed by atoms with E-state index in [1.807, 2.05) is 24.3 Å². The van der Waals surface area contributed by atoms with Gasteiger partial charge in [0.25, 0.3) is 0 Å². The van der Waals surface area contributed by atoms with Crippen molar-refractivity contribution >= 4 is 5.97 Å². The number of ether oxygens (including phenoxy) is 1. The maximum absolute atomic E-state index is 10.7. The van der Waals surface area contributed by atoms with E-state index in [1.54, 1.807) is 6.92 Å². The Kier molecular flexibility index (Phi) is 5.62. The van der Waals surface area contributed by atoms with Crippen LogP contribution in [0.4, 0.5) is 0 Å². The summed E-state index contributed by atoms with van der Waals surface area (Å²) in [5.41, 5.74) is 1.01. The van der Waals surface area contributed by atoms with Gasteiger partial charge in [0.2, 0.25) is 5.89 Å². The van der Waals surface area contributed by atoms with Crippen LogP contribution in [0.5, 0.6) is 5.75 Å². The maximum atomic E-state index is 10.7. The van der Waals surface area contributed by atoms with Gasteiger partial charge in [-0.3, -0.25) is 9.80 Å². The summed E-state index contributed by atoms with van der Waals surface area (Å²) in [4.78, 5) is 19.6. The number of benzene rings is 1. The van der Waals surface area contributed by atoms with Crippen LogP contribution < -0.4 is 4.74 Å². The molecule has 0 spiro atoms. The van der Waals surface area contributed by atoms with Gasteiger partial charge in [-0.1, -0.05) is 23.4 Å². The number of hydrogen-bond acceptors (Lipinski definition) is 7. The van der Waals surface area contributed by atoms with Crippen molar-refractivity contribution in [3.05, 3.63) is 41.5 Å². The Bertz CT molecular complexity index is 710. The van der Waals surface area contributed by atoms with Crippen molar-refractivity contribution in [2.24, 2.45) is 0 Å². The molecule has 0 radical (unpaired) electrons. The average Bonchev–Trinajstić information content (AvgIpc) is 3.01. The Morgan fingerprint density at radius 2 is 1.88 bits per heavy atom. The monoisotopic (exact) mass is 346 g/mol. The summed E-state index contributed by atoms with van der Waals surface area (Å²) in [7, 11) is 0. The molecule has 1 aliphatic rings. The van der Waals surface area contributed by atoms with Gasteiger partial charge in [-0.25, -0.2) is 4.79 Å². The molecule has 0 saturated carbocycles. The first kappa shape index (κ1) is 17.4. The number of carboxylic acid groups (broad SMARTS) is 1. The van der Waals surface area contributed by atoms with Gasteiger partial charge < -0.3 is 14.4 Å². The van der Waals surface area contributed by atoms with E-state index >= 15 is 0 Å². The molecule has 1 N–H and O–H groups in total. The number of carboxylic acids is 1. The van der Waals surface area contributed by atoms with Gasteiger partial charge >= 0.3 is 5.97 Å². The number of aliphatic carboxylic acids is 1. The van der Waals surface area contributed by atoms with Crippen LogP contribution in [0.25, 0.3) is 0 Å². The molecule has 25 heavy (non-hydrogen) atoms. The number of para-hydroxylation sites is 1. The molecule has 1 aromatic heterocycles. The number of hydrogen-bond donors (Lipinski definition) is 1. The highest BCUT2D eigenvalue weighted by Gasteiger charge is 2.19. The number of piperazine rings is 1. The van der Waals surface area contributed by atoms with Crippen LogP contribution in [0.3, 0.4) is 0 Å². The predicted octanol–water partition coefficient (Wildman–Crippen LogP) is 1.16. The highest BCUT2D eigenvalue weighted by atomic mass is 16.5. The van der Waals surface area contributed by atoms with Crippen LogP contribution in [-0.2, 0) is 17.9 Å². The third kappa shape index (κ3) is 5.01. The largest absolute Gasteiger partial charge is 0.482 e. The SMILES string of the molecule is Cc1nc(CN2CCN(Cc3ccccc3OCC(=O)O)CC2)no1. The molecule has 8 nitrogen and oxygen atoms in total. The molecule has 1 fully saturated rings. The standard InChI is InChI=1S/C17H22N4O4/c1-13-18-16(19-25-13)11-21-8-6-20(7-9-21)10-14-4-2-3-5-15(14)24-12-17(22)23/h2-5H,6-12H2,1H3,(H,22,23). The lowest BCUT2D eigenvalue weighted by Crippen LogP contribution is -2.45. The van der Waals surface area contributed by atoms with E-state index in [0.717, 1.165) is 44.1 Å². The Morgan fingerprint density at radius 3 is 2.52 bits per heavy atom. The fourth-order valence-electron chi connectivity index (χ4n) is 2.87. The molecule has 0 amide bonds. The summed E-state index contributed by atoms with van der Waals surface area (Å²) >= 11 is 0. The Hall–Kier alpha value is -2.45. The second-order valence-corrected chi connectivity index (χ2v) is 6.07. The second kappa shape index (κ2) is 8.09. The third-order valence-electron chi connectivity index (χ3n) is 4.12. The number of aryl methyl sites for hydroxylation is 1. The predicted molar refractivity (Wildman–Crippen MR) is 89.2 cm³/mol. The smallest absolute Gasteiger partial charge is 0.341 e. The average molecular weight is 346 g/mol. The fraction of sp³-hybridized carbons (Fsp3) is 0.471. The first-order valence-corrected chi connectivity index (χ1v) is 8.26. The second-order valence-electron chi connectivity index (χ2n) is 6.07. The van der Waals surface area contributed by atoms with E-state index in [4.69, 9.17) is 14.4 Å². The van der Waals surface area contributed by atoms with Gasteiger partial charge in [-0.2, -0.15) is 4.98 Å². The summed E-state index contributed by atoms with van der Waals surface area (Å²) in [6.45, 7) is 6.59. The summed E-state index contributed by atoms with van der Waals surface area (Å²) in [6, 6.07) is 7.59. The molecule has 0 atom stereocenters. The van der Waals surface area contributed by atoms with E-state index in [2.05, 4.69) is 19.9 Å². The zero-order chi connectivity index (χ0) is 17.6. The van der Waals surface area contributed by atoms with E-state index in [1.165, 1.54) is 0 Å². The summed E-state index contributed by atoms with van der Waals surface area (Å²) in [6.07, 6.45) is 0. The molecule has 0 bridgehead atoms. The van der Waals surface area contributed by atoms with Crippen molar-refractivity contribution in [1.82, 2.24) is 19.9 Å². The van der Waals surface area contributed by atoms with Gasteiger partial charge in [0.15, 0.2) is 12.4 Å². The van der Waals surface area contributed by atoms with Crippen molar-refractivity contribution in [1.29, 1.82) is 0 Å². The molecule has 1 aliphatic heterocycles. The zero-order valence-corrected chi connectivity index (χ0v) is 14.2. The minimum absolute atomic E-state index is 0.324. The van der Waals surface area contributed by atoms with Crippen molar-refractivity contribution in [3.63, 3.8) is 0 Å². The molecule has 8 heteroatoms. The van der Waals surface area contributed by atoms with Crippen LogP contribution in [0.15, 0.2) is 28.8 Å². The highest BCUT2D eigenvalue weighted by Crippen LogP contribution is 2.20. The van der Waals surface area contributed by atoms with Crippen LogP contribution in [0, 0.1) is 6.92 Å². The van der Waals surface area contributed by atoms with Crippen molar-refractivity contribution < 1.29 is 19.2 Å². The summed E-state index contributed by atoms with van der Waals surface area (Å²) in [5.74, 6) is 0.972. The van der Waals surface area contributed by atoms with E-state index < -0.39 is 5.97 Å². The molecule has 1 saturated heterocycles. The lowest BCUT2D eigenvalue weighted by atomic mass is 10.1. The lowest BCUT2D eigenvalue weighted by molar-refractivity contribution is -0.139. The first-order chi connectivity index (χ1) is 12.1. The zero-order valence-electron chi connectivity index (χ0n) is 14.2. The molecule has 2 aromatic rings. The van der Waals surface area contributed by atoms with Crippen LogP contribution in [-0.4, -0.2) is 63.8 Å². The van der Waals surface area contributed by atoms with Gasteiger partial charge in [0.1, 0.15) is 5.75 Å². The number of carbonyl (C=O) groups is 1. The number of aromatic nitrogens is 2. The molecule has 0 aliphatic carbocycles. The van der Waals surface area contributed by atoms with Crippen LogP contribution in [0.1, 0.15) is 17.3 Å². The molecule has 2 heterocycles. The molecule has 0 unspecified atom stereocenters. The molecular weight excluding hydrogens is 324 g/mol. The highest BCUT2D eigenvalue weighted by molar-refractivity contribution is 5.68. The minimum atomic E-state index is -0.972. The van der Waals surface area contributed by atoms with E-state index in [0.29, 0.717) is 18.2 Å². The maximum Gasteiger partial charge on any atom is 0.341 e. The topological polar surface area (TPSA) is 91.9 Å². The Balaban J connectivity index is 1.51. The van der Waals surface area contributed by atoms with Gasteiger partial charge in [0.05, 0.1) is 6.54 Å². The van der Waals surface area contributed by atoms with Crippen molar-refractivity contribution in [2.75, 3.05) is 32.8 Å². The first-order valence-electron chi connectivity index (χ1n) is 8.26. The molecular formula is C17H22N4O4. The van der Waals surface area contributed by atoms with E-state index in [9.17, 15) is 4.79 Å². The number of nitrogens with zero attached hydrogens (tertiary/aromatic N) is 4. The van der Waals surface area contributed by atoms with Crippen LogP contribution >= 0.6 is 0 Å². The lowest BCUT2D eigenvalue weighted by Gasteiger charge is -2.34. The quantitative estimate of drug-likeness (QED) is 0.798. The molecule has 1 aromatic carbocycles. The van der Waals surface area contributed by atoms with Crippen molar-refractivity contribution in [3.8, 4) is 5.75 Å². The molecule has 134 valence electrons. The van der Waals surface area contributed by atoms with Gasteiger partial charge in [-0.15, -0.1) is 0 Å². The number of rotatable bonds is 7. The summed E-state index contributed by atoms with van der Waals surface area (Å²) in [5, 5.41) is 12.7. The van der Waals surface area contributed by atoms with Gasteiger partial charge in [0, 0.05) is 45.2 Å². The normalized spacial score (nSPS) is 16.0. The Morgan fingerprint density at radius 1 is 1.20 bits per heavy atom. The third-order valence-corrected chi connectivity index (χ3v) is 4.12. The van der Waals surface area contributed by atoms with E-state index in [-0.39, 0.29) is 6.61 Å². The fourth-order valence-corrected chi connectivity index (χ4v) is 2.87. The summed E-state index contributed by atoms with van der Waals surface area (Å²) < 4.78 is 10.4.